The summed E-state index contributed by atoms with van der Waals surface area (Å²) < 4.78 is 0.636. The average Bonchev–Trinajstić information content (AvgIpc) is 2.68. The van der Waals surface area contributed by atoms with Gasteiger partial charge in [-0.3, -0.25) is 0 Å². The first kappa shape index (κ1) is 14.0. The Morgan fingerprint density at radius 2 is 1.90 bits per heavy atom. The van der Waals surface area contributed by atoms with Gasteiger partial charge in [0.25, 0.3) is 0 Å². The first-order valence-electron chi connectivity index (χ1n) is 6.41. The standard InChI is InChI=1S/C14H11AsN2O4/c1-14(6-5-9(18)16-13(14)21)17-11(19)7-3-2-4-8(15)10(7)12(17)20/h2-4H,5-6H2,1H3,(H,16,18,21). The number of hydrogen-bond donors (Lipinski definition) is 1. The van der Waals surface area contributed by atoms with Crippen LogP contribution >= 0.6 is 0 Å². The predicted octanol–water partition coefficient (Wildman–Crippen LogP) is -0.728. The topological polar surface area (TPSA) is 83.6 Å². The molecule has 2 heterocycles. The van der Waals surface area contributed by atoms with Gasteiger partial charge in [-0.25, -0.2) is 0 Å². The molecule has 1 aromatic rings. The Bertz CT molecular complexity index is 715. The fourth-order valence-corrected chi connectivity index (χ4v) is 3.36. The molecule has 0 saturated carbocycles. The van der Waals surface area contributed by atoms with Gasteiger partial charge >= 0.3 is 129 Å². The zero-order valence-electron chi connectivity index (χ0n) is 11.2. The number of amides is 4. The van der Waals surface area contributed by atoms with E-state index in [1.165, 1.54) is 6.92 Å². The van der Waals surface area contributed by atoms with Crippen LogP contribution in [0.2, 0.25) is 0 Å². The van der Waals surface area contributed by atoms with Gasteiger partial charge in [0.1, 0.15) is 0 Å². The fraction of sp³-hybridized carbons (Fsp3) is 0.286. The number of rotatable bonds is 1. The molecular weight excluding hydrogens is 335 g/mol. The van der Waals surface area contributed by atoms with Gasteiger partial charge in [-0.05, 0) is 0 Å². The van der Waals surface area contributed by atoms with Gasteiger partial charge in [0.15, 0.2) is 0 Å². The van der Waals surface area contributed by atoms with Crippen molar-refractivity contribution in [2.45, 2.75) is 25.3 Å². The molecule has 0 spiro atoms. The van der Waals surface area contributed by atoms with Crippen molar-refractivity contribution >= 4 is 44.8 Å². The number of fused-ring (bicyclic) bond motifs is 1. The first-order chi connectivity index (χ1) is 9.86. The summed E-state index contributed by atoms with van der Waals surface area (Å²) in [7, 11) is 0. The average molecular weight is 346 g/mol. The summed E-state index contributed by atoms with van der Waals surface area (Å²) in [5.41, 5.74) is -0.724. The van der Waals surface area contributed by atoms with Crippen LogP contribution in [0.15, 0.2) is 18.2 Å². The second-order valence-corrected chi connectivity index (χ2v) is 6.31. The molecular formula is C14H11AsN2O4. The van der Waals surface area contributed by atoms with E-state index in [9.17, 15) is 19.2 Å². The number of piperidine rings is 1. The van der Waals surface area contributed by atoms with Crippen LogP contribution in [-0.4, -0.2) is 50.9 Å². The van der Waals surface area contributed by atoms with Gasteiger partial charge in [0, 0.05) is 0 Å². The van der Waals surface area contributed by atoms with E-state index in [0.717, 1.165) is 4.90 Å². The van der Waals surface area contributed by atoms with Crippen LogP contribution in [0.4, 0.5) is 0 Å². The Kier molecular flexibility index (Phi) is 3.02. The molecule has 1 aromatic carbocycles. The number of nitrogens with zero attached hydrogens (tertiary/aromatic N) is 1. The Morgan fingerprint density at radius 1 is 1.19 bits per heavy atom. The summed E-state index contributed by atoms with van der Waals surface area (Å²) in [4.78, 5) is 49.5. The first-order valence-corrected chi connectivity index (χ1v) is 7.35. The molecule has 1 saturated heterocycles. The minimum atomic E-state index is -1.33. The molecule has 0 bridgehead atoms. The van der Waals surface area contributed by atoms with Crippen molar-refractivity contribution in [1.29, 1.82) is 0 Å². The SMILES string of the molecule is CC1(N2C(=O)c3cccc([As])c3C2=O)CCC(=O)NC1=O. The molecule has 1 atom stereocenters. The number of imide groups is 2. The van der Waals surface area contributed by atoms with E-state index < -0.39 is 23.3 Å². The summed E-state index contributed by atoms with van der Waals surface area (Å²) in [6.07, 6.45) is 0.238. The molecule has 3 rings (SSSR count). The molecule has 1 fully saturated rings. The normalized spacial score (nSPS) is 25.1. The van der Waals surface area contributed by atoms with Crippen molar-refractivity contribution in [2.75, 3.05) is 0 Å². The van der Waals surface area contributed by atoms with Crippen LogP contribution in [0.25, 0.3) is 0 Å². The van der Waals surface area contributed by atoms with Crippen LogP contribution in [0.5, 0.6) is 0 Å². The molecule has 21 heavy (non-hydrogen) atoms. The zero-order valence-corrected chi connectivity index (χ0v) is 13.1. The minimum absolute atomic E-state index is 0.102. The van der Waals surface area contributed by atoms with Gasteiger partial charge in [-0.1, -0.05) is 0 Å². The molecule has 7 heteroatoms. The van der Waals surface area contributed by atoms with Crippen molar-refractivity contribution in [3.05, 3.63) is 29.3 Å². The van der Waals surface area contributed by atoms with Crippen LogP contribution in [0, 0.1) is 0 Å². The second kappa shape index (κ2) is 4.53. The Hall–Kier alpha value is -1.94. The van der Waals surface area contributed by atoms with Crippen molar-refractivity contribution in [2.24, 2.45) is 0 Å². The third-order valence-electron chi connectivity index (χ3n) is 3.97. The van der Waals surface area contributed by atoms with Gasteiger partial charge in [-0.2, -0.15) is 0 Å². The number of carbonyl (C=O) groups excluding carboxylic acids is 4. The summed E-state index contributed by atoms with van der Waals surface area (Å²) in [6, 6.07) is 4.98. The molecule has 6 nitrogen and oxygen atoms in total. The zero-order chi connectivity index (χ0) is 15.4. The predicted molar refractivity (Wildman–Crippen MR) is 73.1 cm³/mol. The van der Waals surface area contributed by atoms with Gasteiger partial charge in [0.2, 0.25) is 0 Å². The maximum absolute atomic E-state index is 12.6. The van der Waals surface area contributed by atoms with Gasteiger partial charge in [0.05, 0.1) is 0 Å². The van der Waals surface area contributed by atoms with Crippen molar-refractivity contribution < 1.29 is 19.2 Å². The summed E-state index contributed by atoms with van der Waals surface area (Å²) in [5.74, 6) is -1.98. The summed E-state index contributed by atoms with van der Waals surface area (Å²) in [5, 5.41) is 2.20. The fourth-order valence-electron chi connectivity index (χ4n) is 2.72. The number of carbonyl (C=O) groups is 4. The molecule has 0 aromatic heterocycles. The molecule has 2 aliphatic rings. The Balaban J connectivity index is 2.08. The van der Waals surface area contributed by atoms with Crippen molar-refractivity contribution in [3.8, 4) is 0 Å². The van der Waals surface area contributed by atoms with E-state index in [2.05, 4.69) is 22.2 Å². The van der Waals surface area contributed by atoms with Crippen LogP contribution in [0.1, 0.15) is 40.5 Å². The molecule has 1 N–H and O–H groups in total. The number of nitrogens with one attached hydrogen (secondary N) is 1. The monoisotopic (exact) mass is 346 g/mol. The van der Waals surface area contributed by atoms with E-state index in [1.807, 2.05) is 0 Å². The summed E-state index contributed by atoms with van der Waals surface area (Å²) >= 11 is 2.25. The number of hydrogen-bond acceptors (Lipinski definition) is 4. The third kappa shape index (κ3) is 1.86. The van der Waals surface area contributed by atoms with Gasteiger partial charge in [-0.15, -0.1) is 0 Å². The second-order valence-electron chi connectivity index (χ2n) is 5.30. The molecule has 0 aliphatic carbocycles. The molecule has 2 radical (unpaired) electrons. The molecule has 1 unspecified atom stereocenters. The quantitative estimate of drug-likeness (QED) is 0.537. The van der Waals surface area contributed by atoms with E-state index in [-0.39, 0.29) is 18.7 Å². The molecule has 4 amide bonds. The van der Waals surface area contributed by atoms with E-state index in [4.69, 9.17) is 0 Å². The van der Waals surface area contributed by atoms with E-state index in [1.54, 1.807) is 18.2 Å². The van der Waals surface area contributed by atoms with E-state index in [0.29, 0.717) is 15.5 Å². The van der Waals surface area contributed by atoms with Crippen LogP contribution in [0.3, 0.4) is 0 Å². The summed E-state index contributed by atoms with van der Waals surface area (Å²) in [6.45, 7) is 1.51. The molecule has 2 aliphatic heterocycles. The van der Waals surface area contributed by atoms with Gasteiger partial charge < -0.3 is 0 Å². The molecule has 106 valence electrons. The Morgan fingerprint density at radius 3 is 2.52 bits per heavy atom. The Labute approximate surface area is 129 Å². The van der Waals surface area contributed by atoms with Crippen molar-refractivity contribution in [1.82, 2.24) is 10.2 Å². The van der Waals surface area contributed by atoms with Crippen LogP contribution < -0.4 is 9.67 Å². The van der Waals surface area contributed by atoms with Crippen LogP contribution in [-0.2, 0) is 9.59 Å². The van der Waals surface area contributed by atoms with E-state index >= 15 is 0 Å². The maximum atomic E-state index is 12.6. The third-order valence-corrected chi connectivity index (χ3v) is 4.75. The van der Waals surface area contributed by atoms with Crippen molar-refractivity contribution in [3.63, 3.8) is 0 Å². The number of benzene rings is 1.